The molecule has 1 aromatic carbocycles. The highest BCUT2D eigenvalue weighted by Gasteiger charge is 2.29. The van der Waals surface area contributed by atoms with Crippen LogP contribution in [0.25, 0.3) is 0 Å². The third-order valence-electron chi connectivity index (χ3n) is 2.14. The summed E-state index contributed by atoms with van der Waals surface area (Å²) < 4.78 is 22.9. The maximum absolute atomic E-state index is 12.4. The van der Waals surface area contributed by atoms with Crippen LogP contribution < -0.4 is 9.96 Å². The molecule has 0 amide bonds. The molecule has 0 spiro atoms. The van der Waals surface area contributed by atoms with Gasteiger partial charge in [-0.25, -0.2) is 9.55 Å². The van der Waals surface area contributed by atoms with Crippen molar-refractivity contribution in [3.05, 3.63) is 54.7 Å². The Bertz CT molecular complexity index is 516. The van der Waals surface area contributed by atoms with Gasteiger partial charge in [-0.2, -0.15) is 0 Å². The Morgan fingerprint density at radius 1 is 1.06 bits per heavy atom. The molecule has 4 nitrogen and oxygen atoms in total. The summed E-state index contributed by atoms with van der Waals surface area (Å²) in [4.78, 5) is 4.00. The number of rotatable bonds is 4. The zero-order valence-electron chi connectivity index (χ0n) is 9.32. The van der Waals surface area contributed by atoms with Crippen molar-refractivity contribution in [1.29, 1.82) is 0 Å². The second-order valence-electron chi connectivity index (χ2n) is 3.27. The van der Waals surface area contributed by atoms with Gasteiger partial charge in [0.1, 0.15) is 5.75 Å². The SMILES string of the molecule is COP(=O)(Oc1ccccc1)c1ccccn1. The van der Waals surface area contributed by atoms with Gasteiger partial charge < -0.3 is 4.52 Å². The lowest BCUT2D eigenvalue weighted by atomic mass is 10.3. The number of nitrogens with zero attached hydrogens (tertiary/aromatic N) is 1. The highest BCUT2D eigenvalue weighted by molar-refractivity contribution is 7.62. The van der Waals surface area contributed by atoms with Crippen molar-refractivity contribution < 1.29 is 13.6 Å². The van der Waals surface area contributed by atoms with Gasteiger partial charge >= 0.3 is 7.60 Å². The van der Waals surface area contributed by atoms with Gasteiger partial charge in [-0.15, -0.1) is 0 Å². The highest BCUT2D eigenvalue weighted by atomic mass is 31.2. The minimum Gasteiger partial charge on any atom is -0.420 e. The predicted molar refractivity (Wildman–Crippen MR) is 65.6 cm³/mol. The summed E-state index contributed by atoms with van der Waals surface area (Å²) in [7, 11) is -2.04. The van der Waals surface area contributed by atoms with Crippen LogP contribution in [0.5, 0.6) is 5.75 Å². The quantitative estimate of drug-likeness (QED) is 0.781. The molecule has 1 unspecified atom stereocenters. The van der Waals surface area contributed by atoms with Crippen LogP contribution >= 0.6 is 7.60 Å². The van der Waals surface area contributed by atoms with Gasteiger partial charge in [-0.05, 0) is 24.3 Å². The summed E-state index contributed by atoms with van der Waals surface area (Å²) in [6, 6.07) is 14.0. The molecule has 0 aliphatic heterocycles. The van der Waals surface area contributed by atoms with E-state index in [2.05, 4.69) is 4.98 Å². The van der Waals surface area contributed by atoms with Crippen molar-refractivity contribution in [1.82, 2.24) is 4.98 Å². The Morgan fingerprint density at radius 2 is 1.76 bits per heavy atom. The molecule has 0 N–H and O–H groups in total. The molecule has 2 rings (SSSR count). The van der Waals surface area contributed by atoms with Gasteiger partial charge in [0.25, 0.3) is 0 Å². The maximum atomic E-state index is 12.4. The lowest BCUT2D eigenvalue weighted by molar-refractivity contribution is 0.333. The van der Waals surface area contributed by atoms with Gasteiger partial charge in [-0.3, -0.25) is 4.52 Å². The van der Waals surface area contributed by atoms with E-state index in [1.54, 1.807) is 48.7 Å². The fraction of sp³-hybridized carbons (Fsp3) is 0.0833. The fourth-order valence-corrected chi connectivity index (χ4v) is 2.54. The number of aromatic nitrogens is 1. The first-order chi connectivity index (χ1) is 8.24. The molecule has 0 aliphatic carbocycles. The first-order valence-corrected chi connectivity index (χ1v) is 6.61. The zero-order chi connectivity index (χ0) is 12.1. The summed E-state index contributed by atoms with van der Waals surface area (Å²) >= 11 is 0. The molecular weight excluding hydrogens is 237 g/mol. The third kappa shape index (κ3) is 2.73. The lowest BCUT2D eigenvalue weighted by Crippen LogP contribution is -2.14. The number of para-hydroxylation sites is 1. The first kappa shape index (κ1) is 11.8. The van der Waals surface area contributed by atoms with Crippen LogP contribution in [0.15, 0.2) is 54.7 Å². The Balaban J connectivity index is 2.30. The van der Waals surface area contributed by atoms with E-state index in [0.29, 0.717) is 11.2 Å². The van der Waals surface area contributed by atoms with Crippen LogP contribution in [0.3, 0.4) is 0 Å². The second kappa shape index (κ2) is 5.13. The lowest BCUT2D eigenvalue weighted by Gasteiger charge is -2.16. The topological polar surface area (TPSA) is 48.4 Å². The fourth-order valence-electron chi connectivity index (χ4n) is 1.31. The second-order valence-corrected chi connectivity index (χ2v) is 5.27. The van der Waals surface area contributed by atoms with Gasteiger partial charge in [0.05, 0.1) is 0 Å². The molecule has 0 fully saturated rings. The molecule has 0 bridgehead atoms. The molecule has 88 valence electrons. The van der Waals surface area contributed by atoms with Crippen LogP contribution in [0, 0.1) is 0 Å². The van der Waals surface area contributed by atoms with E-state index in [1.807, 2.05) is 6.07 Å². The van der Waals surface area contributed by atoms with Crippen LogP contribution in [-0.2, 0) is 9.09 Å². The molecule has 5 heteroatoms. The average molecular weight is 249 g/mol. The van der Waals surface area contributed by atoms with Crippen LogP contribution in [0.1, 0.15) is 0 Å². The van der Waals surface area contributed by atoms with E-state index in [4.69, 9.17) is 9.05 Å². The first-order valence-electron chi connectivity index (χ1n) is 5.06. The molecule has 2 aromatic rings. The molecule has 1 heterocycles. The van der Waals surface area contributed by atoms with Crippen molar-refractivity contribution in [3.8, 4) is 5.75 Å². The largest absolute Gasteiger partial charge is 0.428 e. The highest BCUT2D eigenvalue weighted by Crippen LogP contribution is 2.45. The predicted octanol–water partition coefficient (Wildman–Crippen LogP) is 2.63. The van der Waals surface area contributed by atoms with E-state index in [-0.39, 0.29) is 0 Å². The van der Waals surface area contributed by atoms with Crippen LogP contribution in [0.2, 0.25) is 0 Å². The summed E-state index contributed by atoms with van der Waals surface area (Å²) in [5.74, 6) is 0.489. The number of pyridine rings is 1. The smallest absolute Gasteiger partial charge is 0.420 e. The van der Waals surface area contributed by atoms with E-state index < -0.39 is 7.60 Å². The summed E-state index contributed by atoms with van der Waals surface area (Å²) in [5.41, 5.74) is 0.298. The minimum absolute atomic E-state index is 0.298. The number of hydrogen-bond donors (Lipinski definition) is 0. The van der Waals surface area contributed by atoms with Crippen molar-refractivity contribution >= 4 is 13.0 Å². The van der Waals surface area contributed by atoms with Gasteiger partial charge in [0.15, 0.2) is 5.44 Å². The Kier molecular flexibility index (Phi) is 3.57. The normalized spacial score (nSPS) is 13.9. The van der Waals surface area contributed by atoms with Crippen molar-refractivity contribution in [2.24, 2.45) is 0 Å². The van der Waals surface area contributed by atoms with E-state index in [1.165, 1.54) is 7.11 Å². The molecule has 1 aromatic heterocycles. The minimum atomic E-state index is -3.39. The molecule has 0 saturated carbocycles. The molecule has 0 radical (unpaired) electrons. The molecule has 1 atom stereocenters. The van der Waals surface area contributed by atoms with Crippen molar-refractivity contribution in [2.75, 3.05) is 7.11 Å². The van der Waals surface area contributed by atoms with E-state index in [9.17, 15) is 4.57 Å². The Labute approximate surface area is 99.8 Å². The Morgan fingerprint density at radius 3 is 2.35 bits per heavy atom. The molecule has 17 heavy (non-hydrogen) atoms. The Hall–Kier alpha value is -1.64. The van der Waals surface area contributed by atoms with Crippen LogP contribution in [-0.4, -0.2) is 12.1 Å². The van der Waals surface area contributed by atoms with Gasteiger partial charge in [0.2, 0.25) is 0 Å². The summed E-state index contributed by atoms with van der Waals surface area (Å²) in [5, 5.41) is 0. The molecule has 0 aliphatic rings. The van der Waals surface area contributed by atoms with Crippen molar-refractivity contribution in [2.45, 2.75) is 0 Å². The third-order valence-corrected chi connectivity index (χ3v) is 3.90. The van der Waals surface area contributed by atoms with Crippen molar-refractivity contribution in [3.63, 3.8) is 0 Å². The average Bonchev–Trinajstić information content (AvgIpc) is 2.41. The number of benzene rings is 1. The van der Waals surface area contributed by atoms with Gasteiger partial charge in [-0.1, -0.05) is 24.3 Å². The van der Waals surface area contributed by atoms with Crippen LogP contribution in [0.4, 0.5) is 0 Å². The maximum Gasteiger partial charge on any atom is 0.428 e. The van der Waals surface area contributed by atoms with E-state index in [0.717, 1.165) is 0 Å². The number of hydrogen-bond acceptors (Lipinski definition) is 4. The van der Waals surface area contributed by atoms with Gasteiger partial charge in [0, 0.05) is 13.3 Å². The summed E-state index contributed by atoms with van der Waals surface area (Å²) in [6.45, 7) is 0. The van der Waals surface area contributed by atoms with E-state index >= 15 is 0 Å². The summed E-state index contributed by atoms with van der Waals surface area (Å²) in [6.07, 6.45) is 1.55. The molecular formula is C12H12NO3P. The monoisotopic (exact) mass is 249 g/mol. The standard InChI is InChI=1S/C12H12NO3P/c1-15-17(14,12-9-5-6-10-13-12)16-11-7-3-2-4-8-11/h2-10H,1H3. The molecule has 0 saturated heterocycles. The zero-order valence-corrected chi connectivity index (χ0v) is 10.2.